The molecule has 1 N–H and O–H groups in total. The predicted octanol–water partition coefficient (Wildman–Crippen LogP) is 3.43. The van der Waals surface area contributed by atoms with E-state index in [1.165, 1.54) is 0 Å². The summed E-state index contributed by atoms with van der Waals surface area (Å²) >= 11 is 1.58. The van der Waals surface area contributed by atoms with Crippen LogP contribution in [0.3, 0.4) is 0 Å². The fourth-order valence-corrected chi connectivity index (χ4v) is 3.08. The Bertz CT molecular complexity index is 568. The summed E-state index contributed by atoms with van der Waals surface area (Å²) in [5.41, 5.74) is 0.827. The Kier molecular flexibility index (Phi) is 5.15. The number of thiophene rings is 1. The van der Waals surface area contributed by atoms with Crippen molar-refractivity contribution in [2.75, 3.05) is 7.05 Å². The molecule has 0 saturated heterocycles. The van der Waals surface area contributed by atoms with E-state index in [0.29, 0.717) is 0 Å². The molecule has 4 heteroatoms. The lowest BCUT2D eigenvalue weighted by Crippen LogP contribution is -2.41. The number of amides is 1. The van der Waals surface area contributed by atoms with Gasteiger partial charge < -0.3 is 10.0 Å². The van der Waals surface area contributed by atoms with Crippen LogP contribution in [0.2, 0.25) is 0 Å². The van der Waals surface area contributed by atoms with E-state index in [-0.39, 0.29) is 17.9 Å². The third-order valence-electron chi connectivity index (χ3n) is 3.90. The zero-order valence-electron chi connectivity index (χ0n) is 12.6. The summed E-state index contributed by atoms with van der Waals surface area (Å²) in [5, 5.41) is 12.4. The molecular weight excluding hydrogens is 282 g/mol. The van der Waals surface area contributed by atoms with Crippen LogP contribution >= 0.6 is 11.3 Å². The minimum Gasteiger partial charge on any atom is -0.386 e. The molecule has 0 saturated carbocycles. The van der Waals surface area contributed by atoms with E-state index >= 15 is 0 Å². The summed E-state index contributed by atoms with van der Waals surface area (Å²) in [4.78, 5) is 15.2. The van der Waals surface area contributed by atoms with Crippen molar-refractivity contribution < 1.29 is 9.90 Å². The van der Waals surface area contributed by atoms with Crippen molar-refractivity contribution in [1.82, 2.24) is 4.90 Å². The van der Waals surface area contributed by atoms with E-state index < -0.39 is 6.10 Å². The Labute approximate surface area is 129 Å². The first kappa shape index (κ1) is 15.7. The first-order valence-electron chi connectivity index (χ1n) is 7.05. The monoisotopic (exact) mass is 303 g/mol. The van der Waals surface area contributed by atoms with Crippen LogP contribution in [-0.2, 0) is 4.79 Å². The number of benzene rings is 1. The average molecular weight is 303 g/mol. The molecule has 0 unspecified atom stereocenters. The molecule has 3 nitrogen and oxygen atoms in total. The minimum atomic E-state index is -0.685. The molecule has 0 fully saturated rings. The molecule has 1 amide bonds. The van der Waals surface area contributed by atoms with Gasteiger partial charge in [0.2, 0.25) is 5.91 Å². The smallest absolute Gasteiger partial charge is 0.230 e. The van der Waals surface area contributed by atoms with E-state index in [4.69, 9.17) is 0 Å². The molecule has 0 bridgehead atoms. The van der Waals surface area contributed by atoms with Crippen LogP contribution in [0, 0.1) is 0 Å². The fraction of sp³-hybridized carbons (Fsp3) is 0.353. The SMILES string of the molecule is C[C@H](C(=O)N(C)[C@@H](C)[C@@H](O)c1ccccc1)c1cccs1. The number of carbonyl (C=O) groups is 1. The highest BCUT2D eigenvalue weighted by Crippen LogP contribution is 2.26. The largest absolute Gasteiger partial charge is 0.386 e. The zero-order valence-corrected chi connectivity index (χ0v) is 13.4. The highest BCUT2D eigenvalue weighted by molar-refractivity contribution is 7.10. The third-order valence-corrected chi connectivity index (χ3v) is 4.95. The van der Waals surface area contributed by atoms with Gasteiger partial charge in [-0.05, 0) is 30.9 Å². The van der Waals surface area contributed by atoms with Crippen molar-refractivity contribution in [3.8, 4) is 0 Å². The summed E-state index contributed by atoms with van der Waals surface area (Å²) < 4.78 is 0. The van der Waals surface area contributed by atoms with Gasteiger partial charge >= 0.3 is 0 Å². The Hall–Kier alpha value is -1.65. The second-order valence-electron chi connectivity index (χ2n) is 5.28. The van der Waals surface area contributed by atoms with Gasteiger partial charge in [-0.25, -0.2) is 0 Å². The molecule has 0 aliphatic rings. The van der Waals surface area contributed by atoms with Gasteiger partial charge in [-0.1, -0.05) is 36.4 Å². The molecule has 2 rings (SSSR count). The molecule has 1 aromatic heterocycles. The van der Waals surface area contributed by atoms with Gasteiger partial charge in [0.05, 0.1) is 18.1 Å². The maximum absolute atomic E-state index is 12.5. The van der Waals surface area contributed by atoms with Crippen LogP contribution in [0.4, 0.5) is 0 Å². The third kappa shape index (κ3) is 3.52. The highest BCUT2D eigenvalue weighted by Gasteiger charge is 2.27. The van der Waals surface area contributed by atoms with Gasteiger partial charge in [0.15, 0.2) is 0 Å². The number of hydrogen-bond donors (Lipinski definition) is 1. The number of aliphatic hydroxyl groups is 1. The van der Waals surface area contributed by atoms with E-state index in [2.05, 4.69) is 0 Å². The number of nitrogens with zero attached hydrogens (tertiary/aromatic N) is 1. The van der Waals surface area contributed by atoms with Crippen LogP contribution in [0.25, 0.3) is 0 Å². The van der Waals surface area contributed by atoms with Crippen LogP contribution in [0.5, 0.6) is 0 Å². The Morgan fingerprint density at radius 3 is 2.38 bits per heavy atom. The maximum Gasteiger partial charge on any atom is 0.230 e. The molecule has 2 aromatic rings. The van der Waals surface area contributed by atoms with Crippen molar-refractivity contribution >= 4 is 17.2 Å². The number of hydrogen-bond acceptors (Lipinski definition) is 3. The molecular formula is C17H21NO2S. The number of rotatable bonds is 5. The topological polar surface area (TPSA) is 40.5 Å². The average Bonchev–Trinajstić information content (AvgIpc) is 3.06. The number of aliphatic hydroxyl groups excluding tert-OH is 1. The maximum atomic E-state index is 12.5. The van der Waals surface area contributed by atoms with Crippen molar-refractivity contribution in [2.45, 2.75) is 31.9 Å². The first-order chi connectivity index (χ1) is 10.0. The van der Waals surface area contributed by atoms with Gasteiger partial charge in [-0.15, -0.1) is 11.3 Å². The van der Waals surface area contributed by atoms with E-state index in [1.54, 1.807) is 23.3 Å². The van der Waals surface area contributed by atoms with Crippen LogP contribution in [0.15, 0.2) is 47.8 Å². The van der Waals surface area contributed by atoms with E-state index in [1.807, 2.05) is 61.7 Å². The highest BCUT2D eigenvalue weighted by atomic mass is 32.1. The Morgan fingerprint density at radius 2 is 1.81 bits per heavy atom. The second-order valence-corrected chi connectivity index (χ2v) is 6.26. The van der Waals surface area contributed by atoms with Gasteiger partial charge in [0.25, 0.3) is 0 Å². The first-order valence-corrected chi connectivity index (χ1v) is 7.93. The summed E-state index contributed by atoms with van der Waals surface area (Å²) in [6.07, 6.45) is -0.685. The van der Waals surface area contributed by atoms with E-state index in [9.17, 15) is 9.90 Å². The predicted molar refractivity (Wildman–Crippen MR) is 86.4 cm³/mol. The van der Waals surface area contributed by atoms with E-state index in [0.717, 1.165) is 10.4 Å². The number of likely N-dealkylation sites (N-methyl/N-ethyl adjacent to an activating group) is 1. The lowest BCUT2D eigenvalue weighted by Gasteiger charge is -2.31. The molecule has 21 heavy (non-hydrogen) atoms. The van der Waals surface area contributed by atoms with Gasteiger partial charge in [0.1, 0.15) is 0 Å². The van der Waals surface area contributed by atoms with Gasteiger partial charge in [0, 0.05) is 11.9 Å². The molecule has 1 aromatic carbocycles. The molecule has 1 heterocycles. The lowest BCUT2D eigenvalue weighted by molar-refractivity contribution is -0.135. The summed E-state index contributed by atoms with van der Waals surface area (Å²) in [5.74, 6) is -0.152. The zero-order chi connectivity index (χ0) is 15.4. The molecule has 0 aliphatic carbocycles. The summed E-state index contributed by atoms with van der Waals surface area (Å²) in [6.45, 7) is 3.78. The summed E-state index contributed by atoms with van der Waals surface area (Å²) in [7, 11) is 1.75. The Morgan fingerprint density at radius 1 is 1.14 bits per heavy atom. The molecule has 0 aliphatic heterocycles. The minimum absolute atomic E-state index is 0.0277. The van der Waals surface area contributed by atoms with Crippen molar-refractivity contribution in [2.24, 2.45) is 0 Å². The molecule has 3 atom stereocenters. The standard InChI is InChI=1S/C17H21NO2S/c1-12(15-10-7-11-21-15)17(20)18(3)13(2)16(19)14-8-5-4-6-9-14/h4-13,16,19H,1-3H3/t12-,13-,16+/m0/s1. The van der Waals surface area contributed by atoms with Crippen molar-refractivity contribution in [1.29, 1.82) is 0 Å². The molecule has 0 radical (unpaired) electrons. The normalized spacial score (nSPS) is 15.2. The Balaban J connectivity index is 2.08. The van der Waals surface area contributed by atoms with Gasteiger partial charge in [-0.3, -0.25) is 4.79 Å². The fourth-order valence-electron chi connectivity index (χ4n) is 2.31. The molecule has 0 spiro atoms. The molecule has 112 valence electrons. The lowest BCUT2D eigenvalue weighted by atomic mass is 10.0. The summed E-state index contributed by atoms with van der Waals surface area (Å²) in [6, 6.07) is 13.1. The van der Waals surface area contributed by atoms with Crippen LogP contribution in [-0.4, -0.2) is 29.0 Å². The van der Waals surface area contributed by atoms with Gasteiger partial charge in [-0.2, -0.15) is 0 Å². The number of carbonyl (C=O) groups excluding carboxylic acids is 1. The van der Waals surface area contributed by atoms with Crippen LogP contribution in [0.1, 0.15) is 36.3 Å². The van der Waals surface area contributed by atoms with Crippen molar-refractivity contribution in [3.05, 3.63) is 58.3 Å². The van der Waals surface area contributed by atoms with Crippen LogP contribution < -0.4 is 0 Å². The quantitative estimate of drug-likeness (QED) is 0.919. The van der Waals surface area contributed by atoms with Crippen molar-refractivity contribution in [3.63, 3.8) is 0 Å². The second kappa shape index (κ2) is 6.87.